The second-order valence-electron chi connectivity index (χ2n) is 6.77. The summed E-state index contributed by atoms with van der Waals surface area (Å²) in [5.41, 5.74) is 1.63. The van der Waals surface area contributed by atoms with Crippen LogP contribution in [0.2, 0.25) is 0 Å². The van der Waals surface area contributed by atoms with Gasteiger partial charge in [0.2, 0.25) is 0 Å². The molecule has 0 radical (unpaired) electrons. The SMILES string of the molecule is C=C1C(=O)O[C@H]2[C@H]1[C@@H](OC(=O)/C(C)=C/C)C/C(C)=C/C(=O)/C=C(/C)[C@H]2O. The lowest BCUT2D eigenvalue weighted by Gasteiger charge is -2.30. The predicted octanol–water partition coefficient (Wildman–Crippen LogP) is 2.19. The molecule has 0 amide bonds. The first-order valence-electron chi connectivity index (χ1n) is 8.46. The van der Waals surface area contributed by atoms with Crippen LogP contribution in [0, 0.1) is 5.92 Å². The molecule has 1 saturated heterocycles. The molecule has 1 aliphatic carbocycles. The van der Waals surface area contributed by atoms with Gasteiger partial charge >= 0.3 is 11.9 Å². The van der Waals surface area contributed by atoms with Gasteiger partial charge in [0.25, 0.3) is 0 Å². The van der Waals surface area contributed by atoms with E-state index in [1.165, 1.54) is 12.2 Å². The molecule has 0 spiro atoms. The third-order valence-electron chi connectivity index (χ3n) is 4.74. The summed E-state index contributed by atoms with van der Waals surface area (Å²) in [4.78, 5) is 36.4. The maximum atomic E-state index is 12.3. The lowest BCUT2D eigenvalue weighted by Crippen LogP contribution is -2.41. The van der Waals surface area contributed by atoms with E-state index in [0.717, 1.165) is 0 Å². The van der Waals surface area contributed by atoms with E-state index in [2.05, 4.69) is 6.58 Å². The van der Waals surface area contributed by atoms with Crippen LogP contribution in [0.1, 0.15) is 34.1 Å². The summed E-state index contributed by atoms with van der Waals surface area (Å²) in [5, 5.41) is 10.6. The number of allylic oxidation sites excluding steroid dienone is 3. The number of esters is 2. The standard InChI is InChI=1S/C20H24O6/c1-6-11(3)19(23)25-15-8-10(2)7-14(21)9-12(4)17(22)18-16(15)13(5)20(24)26-18/h6-7,9,15-18,22H,5,8H2,1-4H3/b10-7+,11-6+,12-9-/t15-,16+,17+,18-/m0/s1. The summed E-state index contributed by atoms with van der Waals surface area (Å²) < 4.78 is 10.9. The fourth-order valence-electron chi connectivity index (χ4n) is 3.12. The average Bonchev–Trinajstić information content (AvgIpc) is 2.86. The van der Waals surface area contributed by atoms with Crippen LogP contribution in [0.25, 0.3) is 0 Å². The number of carbonyl (C=O) groups excluding carboxylic acids is 3. The zero-order chi connectivity index (χ0) is 19.6. The number of rotatable bonds is 2. The molecule has 0 unspecified atom stereocenters. The zero-order valence-electron chi connectivity index (χ0n) is 15.4. The number of hydrogen-bond donors (Lipinski definition) is 1. The van der Waals surface area contributed by atoms with Crippen molar-refractivity contribution in [2.75, 3.05) is 0 Å². The molecule has 2 aliphatic rings. The topological polar surface area (TPSA) is 89.9 Å². The highest BCUT2D eigenvalue weighted by Gasteiger charge is 2.48. The van der Waals surface area contributed by atoms with Crippen LogP contribution in [0.5, 0.6) is 0 Å². The Morgan fingerprint density at radius 2 is 2.00 bits per heavy atom. The summed E-state index contributed by atoms with van der Waals surface area (Å²) >= 11 is 0. The monoisotopic (exact) mass is 360 g/mol. The van der Waals surface area contributed by atoms with Crippen molar-refractivity contribution in [1.82, 2.24) is 0 Å². The predicted molar refractivity (Wildman–Crippen MR) is 95.0 cm³/mol. The molecule has 0 bridgehead atoms. The molecular formula is C20H24O6. The Morgan fingerprint density at radius 1 is 1.35 bits per heavy atom. The average molecular weight is 360 g/mol. The highest BCUT2D eigenvalue weighted by atomic mass is 16.6. The maximum absolute atomic E-state index is 12.3. The van der Waals surface area contributed by atoms with E-state index < -0.39 is 36.2 Å². The van der Waals surface area contributed by atoms with Crippen LogP contribution in [-0.2, 0) is 23.9 Å². The van der Waals surface area contributed by atoms with Crippen LogP contribution in [0.4, 0.5) is 0 Å². The summed E-state index contributed by atoms with van der Waals surface area (Å²) in [6, 6.07) is 0. The minimum absolute atomic E-state index is 0.150. The van der Waals surface area contributed by atoms with E-state index in [0.29, 0.717) is 16.7 Å². The number of aliphatic hydroxyl groups excluding tert-OH is 1. The van der Waals surface area contributed by atoms with Crippen molar-refractivity contribution < 1.29 is 29.0 Å². The fraction of sp³-hybridized carbons (Fsp3) is 0.450. The molecule has 0 aromatic carbocycles. The van der Waals surface area contributed by atoms with Gasteiger partial charge < -0.3 is 14.6 Å². The van der Waals surface area contributed by atoms with Gasteiger partial charge in [-0.25, -0.2) is 9.59 Å². The second kappa shape index (κ2) is 7.83. The molecule has 1 aliphatic heterocycles. The Kier molecular flexibility index (Phi) is 5.97. The number of ketones is 1. The van der Waals surface area contributed by atoms with Gasteiger partial charge in [-0.3, -0.25) is 4.79 Å². The lowest BCUT2D eigenvalue weighted by molar-refractivity contribution is -0.150. The van der Waals surface area contributed by atoms with Gasteiger partial charge in [-0.15, -0.1) is 0 Å². The first-order valence-corrected chi connectivity index (χ1v) is 8.46. The fourth-order valence-corrected chi connectivity index (χ4v) is 3.12. The summed E-state index contributed by atoms with van der Waals surface area (Å²) in [5.74, 6) is -2.15. The molecule has 26 heavy (non-hydrogen) atoms. The van der Waals surface area contributed by atoms with Crippen molar-refractivity contribution >= 4 is 17.7 Å². The van der Waals surface area contributed by atoms with Crippen LogP contribution in [0.15, 0.2) is 47.1 Å². The van der Waals surface area contributed by atoms with Gasteiger partial charge in [0.15, 0.2) is 5.78 Å². The van der Waals surface area contributed by atoms with Crippen molar-refractivity contribution in [1.29, 1.82) is 0 Å². The molecule has 4 atom stereocenters. The normalized spacial score (nSPS) is 34.2. The number of aliphatic hydroxyl groups is 1. The van der Waals surface area contributed by atoms with Crippen molar-refractivity contribution in [3.63, 3.8) is 0 Å². The van der Waals surface area contributed by atoms with E-state index >= 15 is 0 Å². The highest BCUT2D eigenvalue weighted by molar-refractivity contribution is 6.00. The Morgan fingerprint density at radius 3 is 2.62 bits per heavy atom. The molecule has 1 N–H and O–H groups in total. The molecule has 0 aromatic heterocycles. The van der Waals surface area contributed by atoms with Crippen LogP contribution >= 0.6 is 0 Å². The lowest BCUT2D eigenvalue weighted by atomic mass is 9.83. The van der Waals surface area contributed by atoms with E-state index in [-0.39, 0.29) is 17.8 Å². The number of ether oxygens (including phenoxy) is 2. The minimum atomic E-state index is -1.19. The van der Waals surface area contributed by atoms with Gasteiger partial charge in [0.1, 0.15) is 18.3 Å². The molecule has 2 rings (SSSR count). The first-order chi connectivity index (χ1) is 12.1. The Hall–Kier alpha value is -2.47. The molecule has 0 saturated carbocycles. The zero-order valence-corrected chi connectivity index (χ0v) is 15.4. The Bertz CT molecular complexity index is 739. The molecular weight excluding hydrogens is 336 g/mol. The highest BCUT2D eigenvalue weighted by Crippen LogP contribution is 2.37. The van der Waals surface area contributed by atoms with Gasteiger partial charge in [0, 0.05) is 17.6 Å². The number of carbonyl (C=O) groups is 3. The third-order valence-corrected chi connectivity index (χ3v) is 4.74. The quantitative estimate of drug-likeness (QED) is 0.600. The van der Waals surface area contributed by atoms with Crippen molar-refractivity contribution in [3.05, 3.63) is 47.1 Å². The number of fused-ring (bicyclic) bond motifs is 1. The Labute approximate surface area is 152 Å². The van der Waals surface area contributed by atoms with E-state index in [4.69, 9.17) is 9.47 Å². The van der Waals surface area contributed by atoms with Gasteiger partial charge in [0.05, 0.1) is 5.92 Å². The molecule has 1 fully saturated rings. The second-order valence-corrected chi connectivity index (χ2v) is 6.77. The third kappa shape index (κ3) is 4.02. The van der Waals surface area contributed by atoms with Gasteiger partial charge in [-0.2, -0.15) is 0 Å². The van der Waals surface area contributed by atoms with E-state index in [9.17, 15) is 19.5 Å². The Balaban J connectivity index is 2.49. The molecule has 140 valence electrons. The van der Waals surface area contributed by atoms with Crippen LogP contribution in [0.3, 0.4) is 0 Å². The summed E-state index contributed by atoms with van der Waals surface area (Å²) in [6.07, 6.45) is 1.66. The summed E-state index contributed by atoms with van der Waals surface area (Å²) in [7, 11) is 0. The van der Waals surface area contributed by atoms with Gasteiger partial charge in [-0.05, 0) is 45.4 Å². The molecule has 6 nitrogen and oxygen atoms in total. The smallest absolute Gasteiger partial charge is 0.334 e. The molecule has 1 heterocycles. The summed E-state index contributed by atoms with van der Waals surface area (Å²) in [6.45, 7) is 10.4. The number of hydrogen-bond acceptors (Lipinski definition) is 6. The van der Waals surface area contributed by atoms with Crippen molar-refractivity contribution in [2.24, 2.45) is 5.92 Å². The van der Waals surface area contributed by atoms with Crippen molar-refractivity contribution in [2.45, 2.75) is 52.4 Å². The van der Waals surface area contributed by atoms with Gasteiger partial charge in [-0.1, -0.05) is 18.2 Å². The van der Waals surface area contributed by atoms with Crippen molar-refractivity contribution in [3.8, 4) is 0 Å². The van der Waals surface area contributed by atoms with Crippen LogP contribution in [-0.4, -0.2) is 41.1 Å². The van der Waals surface area contributed by atoms with Crippen LogP contribution < -0.4 is 0 Å². The van der Waals surface area contributed by atoms with E-state index in [1.807, 2.05) is 0 Å². The maximum Gasteiger partial charge on any atom is 0.334 e. The molecule has 6 heteroatoms. The largest absolute Gasteiger partial charge is 0.458 e. The molecule has 0 aromatic rings. The minimum Gasteiger partial charge on any atom is -0.458 e. The van der Waals surface area contributed by atoms with E-state index in [1.54, 1.807) is 33.8 Å². The first kappa shape index (κ1) is 19.8.